The van der Waals surface area contributed by atoms with Crippen molar-refractivity contribution in [2.75, 3.05) is 28.6 Å². The summed E-state index contributed by atoms with van der Waals surface area (Å²) in [7, 11) is 0. The van der Waals surface area contributed by atoms with E-state index < -0.39 is 0 Å². The van der Waals surface area contributed by atoms with Gasteiger partial charge in [0, 0.05) is 41.8 Å². The van der Waals surface area contributed by atoms with Gasteiger partial charge >= 0.3 is 0 Å². The van der Waals surface area contributed by atoms with Gasteiger partial charge in [-0.15, -0.1) is 0 Å². The second-order valence-electron chi connectivity index (χ2n) is 9.37. The molecule has 166 valence electrons. The minimum absolute atomic E-state index is 0.0648. The van der Waals surface area contributed by atoms with Gasteiger partial charge in [0.15, 0.2) is 0 Å². The van der Waals surface area contributed by atoms with Crippen molar-refractivity contribution in [3.05, 3.63) is 71.4 Å². The Bertz CT molecular complexity index is 1080. The lowest BCUT2D eigenvalue weighted by atomic mass is 9.87. The quantitative estimate of drug-likeness (QED) is 0.546. The maximum Gasteiger partial charge on any atom is 0.255 e. The van der Waals surface area contributed by atoms with Crippen LogP contribution in [0, 0.1) is 6.92 Å². The van der Waals surface area contributed by atoms with E-state index in [0.717, 1.165) is 41.9 Å². The third kappa shape index (κ3) is 5.25. The average Bonchev–Trinajstić information content (AvgIpc) is 3.29. The molecule has 32 heavy (non-hydrogen) atoms. The summed E-state index contributed by atoms with van der Waals surface area (Å²) in [5.41, 5.74) is 4.50. The molecular formula is C26H31N5O. The molecule has 1 amide bonds. The summed E-state index contributed by atoms with van der Waals surface area (Å²) in [6, 6.07) is 17.4. The Balaban J connectivity index is 1.41. The molecule has 6 nitrogen and oxygen atoms in total. The van der Waals surface area contributed by atoms with Gasteiger partial charge in [0.05, 0.1) is 0 Å². The van der Waals surface area contributed by atoms with Gasteiger partial charge in [0.2, 0.25) is 5.95 Å². The second-order valence-corrected chi connectivity index (χ2v) is 9.37. The molecule has 3 aromatic rings. The summed E-state index contributed by atoms with van der Waals surface area (Å²) in [5.74, 6) is 1.44. The Morgan fingerprint density at radius 2 is 1.53 bits per heavy atom. The number of amides is 1. The molecule has 1 aliphatic rings. The molecule has 0 bridgehead atoms. The molecule has 2 N–H and O–H groups in total. The van der Waals surface area contributed by atoms with Crippen molar-refractivity contribution in [3.63, 3.8) is 0 Å². The number of aryl methyl sites for hydroxylation is 1. The van der Waals surface area contributed by atoms with E-state index in [1.807, 2.05) is 61.5 Å². The number of hydrogen-bond donors (Lipinski definition) is 2. The fourth-order valence-corrected chi connectivity index (χ4v) is 3.79. The Hall–Kier alpha value is -3.41. The molecule has 0 atom stereocenters. The zero-order valence-corrected chi connectivity index (χ0v) is 19.3. The summed E-state index contributed by atoms with van der Waals surface area (Å²) in [6.45, 7) is 10.5. The van der Waals surface area contributed by atoms with Crippen molar-refractivity contribution in [2.24, 2.45) is 0 Å². The van der Waals surface area contributed by atoms with Gasteiger partial charge in [-0.2, -0.15) is 4.98 Å². The first-order valence-electron chi connectivity index (χ1n) is 11.2. The van der Waals surface area contributed by atoms with Crippen molar-refractivity contribution >= 4 is 29.0 Å². The molecule has 0 saturated carbocycles. The van der Waals surface area contributed by atoms with Crippen LogP contribution in [0.25, 0.3) is 0 Å². The third-order valence-corrected chi connectivity index (χ3v) is 5.66. The summed E-state index contributed by atoms with van der Waals surface area (Å²) < 4.78 is 0. The van der Waals surface area contributed by atoms with Crippen LogP contribution in [0.2, 0.25) is 0 Å². The highest BCUT2D eigenvalue weighted by molar-refractivity contribution is 6.04. The van der Waals surface area contributed by atoms with Crippen LogP contribution in [-0.2, 0) is 5.41 Å². The number of hydrogen-bond acceptors (Lipinski definition) is 5. The Kier molecular flexibility index (Phi) is 6.12. The molecule has 0 aliphatic carbocycles. The summed E-state index contributed by atoms with van der Waals surface area (Å²) >= 11 is 0. The van der Waals surface area contributed by atoms with Crippen molar-refractivity contribution in [1.29, 1.82) is 0 Å². The van der Waals surface area contributed by atoms with E-state index in [9.17, 15) is 4.79 Å². The van der Waals surface area contributed by atoms with Crippen molar-refractivity contribution in [2.45, 2.75) is 46.0 Å². The van der Waals surface area contributed by atoms with Crippen LogP contribution < -0.4 is 15.5 Å². The number of aromatic nitrogens is 2. The maximum absolute atomic E-state index is 12.6. The molecule has 6 heteroatoms. The molecule has 0 spiro atoms. The van der Waals surface area contributed by atoms with E-state index in [-0.39, 0.29) is 11.3 Å². The standard InChI is InChI=1S/C26H31N5O/c1-18-17-23(30-25(27-18)31-15-5-6-16-31)28-21-11-13-22(14-12-21)29-24(32)19-7-9-20(10-8-19)26(2,3)4/h7-14,17H,5-6,15-16H2,1-4H3,(H,29,32)(H,27,28,30). The first-order chi connectivity index (χ1) is 15.3. The van der Waals surface area contributed by atoms with Crippen LogP contribution in [-0.4, -0.2) is 29.0 Å². The highest BCUT2D eigenvalue weighted by Gasteiger charge is 2.16. The van der Waals surface area contributed by atoms with Crippen molar-refractivity contribution in [1.82, 2.24) is 9.97 Å². The second kappa shape index (κ2) is 8.99. The van der Waals surface area contributed by atoms with Gasteiger partial charge in [0.25, 0.3) is 5.91 Å². The molecule has 4 rings (SSSR count). The van der Waals surface area contributed by atoms with Gasteiger partial charge in [-0.25, -0.2) is 4.98 Å². The zero-order valence-electron chi connectivity index (χ0n) is 19.3. The van der Waals surface area contributed by atoms with E-state index in [1.165, 1.54) is 18.4 Å². The maximum atomic E-state index is 12.6. The molecule has 1 aliphatic heterocycles. The SMILES string of the molecule is Cc1cc(Nc2ccc(NC(=O)c3ccc(C(C)(C)C)cc3)cc2)nc(N2CCCC2)n1. The van der Waals surface area contributed by atoms with E-state index in [0.29, 0.717) is 5.56 Å². The smallest absolute Gasteiger partial charge is 0.255 e. The fourth-order valence-electron chi connectivity index (χ4n) is 3.79. The third-order valence-electron chi connectivity index (χ3n) is 5.66. The minimum Gasteiger partial charge on any atom is -0.341 e. The van der Waals surface area contributed by atoms with Crippen molar-refractivity contribution < 1.29 is 4.79 Å². The van der Waals surface area contributed by atoms with Gasteiger partial charge < -0.3 is 15.5 Å². The highest BCUT2D eigenvalue weighted by Crippen LogP contribution is 2.24. The van der Waals surface area contributed by atoms with E-state index in [1.54, 1.807) is 0 Å². The van der Waals surface area contributed by atoms with Crippen molar-refractivity contribution in [3.8, 4) is 0 Å². The largest absolute Gasteiger partial charge is 0.341 e. The van der Waals surface area contributed by atoms with Gasteiger partial charge in [0.1, 0.15) is 5.82 Å². The molecule has 0 radical (unpaired) electrons. The molecule has 2 heterocycles. The monoisotopic (exact) mass is 429 g/mol. The number of carbonyl (C=O) groups is 1. The molecule has 0 unspecified atom stereocenters. The first-order valence-corrected chi connectivity index (χ1v) is 11.2. The Morgan fingerprint density at radius 1 is 0.906 bits per heavy atom. The van der Waals surface area contributed by atoms with Gasteiger partial charge in [-0.1, -0.05) is 32.9 Å². The van der Waals surface area contributed by atoms with Crippen LogP contribution in [0.3, 0.4) is 0 Å². The van der Waals surface area contributed by atoms with E-state index in [2.05, 4.69) is 46.3 Å². The highest BCUT2D eigenvalue weighted by atomic mass is 16.1. The first kappa shape index (κ1) is 21.8. The number of carbonyl (C=O) groups excluding carboxylic acids is 1. The number of nitrogens with zero attached hydrogens (tertiary/aromatic N) is 3. The summed E-state index contributed by atoms with van der Waals surface area (Å²) in [6.07, 6.45) is 2.38. The van der Waals surface area contributed by atoms with Gasteiger partial charge in [-0.05, 0) is 67.1 Å². The van der Waals surface area contributed by atoms with Crippen LogP contribution in [0.15, 0.2) is 54.6 Å². The predicted octanol–water partition coefficient (Wildman–Crippen LogP) is 5.68. The molecular weight excluding hydrogens is 398 g/mol. The molecule has 2 aromatic carbocycles. The number of nitrogens with one attached hydrogen (secondary N) is 2. The Morgan fingerprint density at radius 3 is 2.16 bits per heavy atom. The lowest BCUT2D eigenvalue weighted by Gasteiger charge is -2.19. The lowest BCUT2D eigenvalue weighted by Crippen LogP contribution is -2.21. The van der Waals surface area contributed by atoms with Crippen LogP contribution >= 0.6 is 0 Å². The summed E-state index contributed by atoms with van der Waals surface area (Å²) in [4.78, 5) is 24.1. The average molecular weight is 430 g/mol. The number of rotatable bonds is 5. The van der Waals surface area contributed by atoms with Crippen LogP contribution in [0.5, 0.6) is 0 Å². The molecule has 1 aromatic heterocycles. The lowest BCUT2D eigenvalue weighted by molar-refractivity contribution is 0.102. The Labute approximate surface area is 190 Å². The number of anilines is 4. The molecule has 1 fully saturated rings. The van der Waals surface area contributed by atoms with Crippen LogP contribution in [0.1, 0.15) is 55.2 Å². The van der Waals surface area contributed by atoms with Crippen LogP contribution in [0.4, 0.5) is 23.1 Å². The molecule has 1 saturated heterocycles. The summed E-state index contributed by atoms with van der Waals surface area (Å²) in [5, 5.41) is 6.31. The minimum atomic E-state index is -0.118. The predicted molar refractivity (Wildman–Crippen MR) is 131 cm³/mol. The number of benzene rings is 2. The van der Waals surface area contributed by atoms with E-state index >= 15 is 0 Å². The van der Waals surface area contributed by atoms with E-state index in [4.69, 9.17) is 0 Å². The van der Waals surface area contributed by atoms with Gasteiger partial charge in [-0.3, -0.25) is 4.79 Å². The zero-order chi connectivity index (χ0) is 22.7. The topological polar surface area (TPSA) is 70.2 Å². The normalized spacial score (nSPS) is 13.8. The fraction of sp³-hybridized carbons (Fsp3) is 0.346.